The van der Waals surface area contributed by atoms with Gasteiger partial charge in [-0.15, -0.1) is 0 Å². The molecule has 2 aromatic heterocycles. The maximum Gasteiger partial charge on any atom is 0.111 e. The van der Waals surface area contributed by atoms with Crippen LogP contribution in [0, 0.1) is 11.3 Å². The van der Waals surface area contributed by atoms with Crippen molar-refractivity contribution in [2.24, 2.45) is 11.3 Å². The highest BCUT2D eigenvalue weighted by Crippen LogP contribution is 2.33. The predicted octanol–water partition coefficient (Wildman–Crippen LogP) is 7.84. The molecule has 0 bridgehead atoms. The normalized spacial score (nSPS) is 14.2. The van der Waals surface area contributed by atoms with Gasteiger partial charge in [-0.25, -0.2) is 4.98 Å². The van der Waals surface area contributed by atoms with Gasteiger partial charge < -0.3 is 9.88 Å². The van der Waals surface area contributed by atoms with E-state index in [1.807, 2.05) is 0 Å². The van der Waals surface area contributed by atoms with Gasteiger partial charge in [-0.3, -0.25) is 4.98 Å². The Morgan fingerprint density at radius 3 is 2.43 bits per heavy atom. The quantitative estimate of drug-likeness (QED) is 0.203. The summed E-state index contributed by atoms with van der Waals surface area (Å²) in [5.41, 5.74) is 7.37. The highest BCUT2D eigenvalue weighted by Gasteiger charge is 2.22. The van der Waals surface area contributed by atoms with E-state index in [-0.39, 0.29) is 5.41 Å². The third-order valence-corrected chi connectivity index (χ3v) is 7.54. The first-order valence-electron chi connectivity index (χ1n) is 14.5. The number of hydrogen-bond donors (Lipinski definition) is 1. The Hall–Kier alpha value is -2.72. The maximum atomic E-state index is 5.26. The number of benzene rings is 2. The SMILES string of the molecule is CCCCc1nc2c(CC(C)(C)C)nc3ccccc3c2n1Cc1ccc(CNCCCC2CC2)cc1. The first-order chi connectivity index (χ1) is 17.9. The van der Waals surface area contributed by atoms with Crippen molar-refractivity contribution < 1.29 is 0 Å². The number of imidazole rings is 1. The number of aromatic nitrogens is 3. The Morgan fingerprint density at radius 1 is 0.946 bits per heavy atom. The van der Waals surface area contributed by atoms with Crippen LogP contribution in [0.3, 0.4) is 0 Å². The highest BCUT2D eigenvalue weighted by atomic mass is 15.1. The molecular weight excluding hydrogens is 452 g/mol. The van der Waals surface area contributed by atoms with Crippen molar-refractivity contribution in [1.29, 1.82) is 0 Å². The van der Waals surface area contributed by atoms with Gasteiger partial charge >= 0.3 is 0 Å². The Kier molecular flexibility index (Phi) is 7.95. The van der Waals surface area contributed by atoms with E-state index in [1.165, 1.54) is 60.0 Å². The minimum Gasteiger partial charge on any atom is -0.323 e. The van der Waals surface area contributed by atoms with Crippen LogP contribution in [0.25, 0.3) is 21.9 Å². The van der Waals surface area contributed by atoms with Gasteiger partial charge in [0.2, 0.25) is 0 Å². The molecule has 37 heavy (non-hydrogen) atoms. The molecule has 4 nitrogen and oxygen atoms in total. The molecule has 0 unspecified atom stereocenters. The lowest BCUT2D eigenvalue weighted by Crippen LogP contribution is -2.14. The summed E-state index contributed by atoms with van der Waals surface area (Å²) >= 11 is 0. The van der Waals surface area contributed by atoms with E-state index in [4.69, 9.17) is 9.97 Å². The van der Waals surface area contributed by atoms with E-state index >= 15 is 0 Å². The average Bonchev–Trinajstić information content (AvgIpc) is 3.63. The number of unbranched alkanes of at least 4 members (excludes halogenated alkanes) is 1. The minimum atomic E-state index is 0.150. The van der Waals surface area contributed by atoms with Crippen LogP contribution in [0.2, 0.25) is 0 Å². The van der Waals surface area contributed by atoms with Crippen molar-refractivity contribution in [2.75, 3.05) is 6.54 Å². The zero-order chi connectivity index (χ0) is 25.8. The van der Waals surface area contributed by atoms with Crippen molar-refractivity contribution in [2.45, 2.75) is 92.2 Å². The first kappa shape index (κ1) is 25.9. The Morgan fingerprint density at radius 2 is 1.70 bits per heavy atom. The number of para-hydroxylation sites is 1. The third kappa shape index (κ3) is 6.59. The third-order valence-electron chi connectivity index (χ3n) is 7.54. The summed E-state index contributed by atoms with van der Waals surface area (Å²) in [5, 5.41) is 4.83. The van der Waals surface area contributed by atoms with Crippen LogP contribution < -0.4 is 5.32 Å². The molecule has 5 rings (SSSR count). The zero-order valence-electron chi connectivity index (χ0n) is 23.3. The molecule has 0 atom stereocenters. The number of fused-ring (bicyclic) bond motifs is 3. The van der Waals surface area contributed by atoms with Gasteiger partial charge in [0.25, 0.3) is 0 Å². The van der Waals surface area contributed by atoms with Gasteiger partial charge in [-0.05, 0) is 60.8 Å². The summed E-state index contributed by atoms with van der Waals surface area (Å²) < 4.78 is 2.48. The maximum absolute atomic E-state index is 5.26. The van der Waals surface area contributed by atoms with Gasteiger partial charge in [0, 0.05) is 24.9 Å². The molecule has 2 heterocycles. The van der Waals surface area contributed by atoms with E-state index in [2.05, 4.69) is 86.1 Å². The average molecular weight is 497 g/mol. The molecular formula is C33H44N4. The van der Waals surface area contributed by atoms with Crippen molar-refractivity contribution in [3.8, 4) is 0 Å². The molecule has 0 amide bonds. The van der Waals surface area contributed by atoms with E-state index in [1.54, 1.807) is 0 Å². The Labute approximate surface area is 222 Å². The second-order valence-electron chi connectivity index (χ2n) is 12.3. The van der Waals surface area contributed by atoms with Gasteiger partial charge in [-0.1, -0.05) is 89.4 Å². The Bertz CT molecular complexity index is 1320. The summed E-state index contributed by atoms with van der Waals surface area (Å²) in [4.78, 5) is 10.4. The number of hydrogen-bond acceptors (Lipinski definition) is 3. The molecule has 0 radical (unpaired) electrons. The molecule has 1 aliphatic rings. The van der Waals surface area contributed by atoms with Crippen molar-refractivity contribution in [3.63, 3.8) is 0 Å². The fourth-order valence-corrected chi connectivity index (χ4v) is 5.36. The molecule has 2 aromatic carbocycles. The molecule has 0 spiro atoms. The number of nitrogens with zero attached hydrogens (tertiary/aromatic N) is 3. The first-order valence-corrected chi connectivity index (χ1v) is 14.5. The lowest BCUT2D eigenvalue weighted by atomic mass is 9.89. The standard InChI is InChI=1S/C33H44N4/c1-5-6-13-30-36-31-29(21-33(2,3)4)35-28-12-8-7-11-27(28)32(31)37(30)23-26-18-16-25(17-19-26)22-34-20-9-10-24-14-15-24/h7-8,11-12,16-19,24,34H,5-6,9-10,13-15,20-23H2,1-4H3. The topological polar surface area (TPSA) is 42.7 Å². The van der Waals surface area contributed by atoms with Crippen LogP contribution in [0.5, 0.6) is 0 Å². The fourth-order valence-electron chi connectivity index (χ4n) is 5.36. The molecule has 4 aromatic rings. The smallest absolute Gasteiger partial charge is 0.111 e. The second kappa shape index (κ2) is 11.3. The summed E-state index contributed by atoms with van der Waals surface area (Å²) in [7, 11) is 0. The van der Waals surface area contributed by atoms with E-state index in [9.17, 15) is 0 Å². The van der Waals surface area contributed by atoms with E-state index < -0.39 is 0 Å². The molecule has 0 aliphatic heterocycles. The zero-order valence-corrected chi connectivity index (χ0v) is 23.3. The van der Waals surface area contributed by atoms with Crippen molar-refractivity contribution >= 4 is 21.9 Å². The lowest BCUT2D eigenvalue weighted by molar-refractivity contribution is 0.408. The predicted molar refractivity (Wildman–Crippen MR) is 156 cm³/mol. The second-order valence-corrected chi connectivity index (χ2v) is 12.3. The lowest BCUT2D eigenvalue weighted by Gasteiger charge is -2.18. The number of pyridine rings is 1. The fraction of sp³-hybridized carbons (Fsp3) is 0.515. The minimum absolute atomic E-state index is 0.150. The summed E-state index contributed by atoms with van der Waals surface area (Å²) in [6.07, 6.45) is 9.84. The summed E-state index contributed by atoms with van der Waals surface area (Å²) in [6, 6.07) is 17.8. The van der Waals surface area contributed by atoms with Crippen LogP contribution in [-0.2, 0) is 25.9 Å². The van der Waals surface area contributed by atoms with Gasteiger partial charge in [0.1, 0.15) is 11.3 Å². The van der Waals surface area contributed by atoms with E-state index in [0.29, 0.717) is 0 Å². The van der Waals surface area contributed by atoms with Crippen LogP contribution in [0.4, 0.5) is 0 Å². The molecule has 1 saturated carbocycles. The molecule has 196 valence electrons. The van der Waals surface area contributed by atoms with Crippen LogP contribution in [-0.4, -0.2) is 21.1 Å². The van der Waals surface area contributed by atoms with Crippen molar-refractivity contribution in [3.05, 3.63) is 71.2 Å². The van der Waals surface area contributed by atoms with Crippen LogP contribution >= 0.6 is 0 Å². The summed E-state index contributed by atoms with van der Waals surface area (Å²) in [6.45, 7) is 12.0. The van der Waals surface area contributed by atoms with Gasteiger partial charge in [-0.2, -0.15) is 0 Å². The monoisotopic (exact) mass is 496 g/mol. The number of aryl methyl sites for hydroxylation is 1. The number of rotatable bonds is 12. The van der Waals surface area contributed by atoms with E-state index in [0.717, 1.165) is 61.5 Å². The number of nitrogens with one attached hydrogen (secondary N) is 1. The van der Waals surface area contributed by atoms with Gasteiger partial charge in [0.05, 0.1) is 16.7 Å². The molecule has 1 fully saturated rings. The highest BCUT2D eigenvalue weighted by molar-refractivity contribution is 6.03. The molecule has 1 N–H and O–H groups in total. The van der Waals surface area contributed by atoms with Crippen LogP contribution in [0.15, 0.2) is 48.5 Å². The summed E-state index contributed by atoms with van der Waals surface area (Å²) in [5.74, 6) is 2.21. The largest absolute Gasteiger partial charge is 0.323 e. The molecule has 4 heteroatoms. The van der Waals surface area contributed by atoms with Crippen LogP contribution in [0.1, 0.15) is 88.9 Å². The Balaban J connectivity index is 1.44. The molecule has 0 saturated heterocycles. The molecule has 1 aliphatic carbocycles. The van der Waals surface area contributed by atoms with Gasteiger partial charge in [0.15, 0.2) is 0 Å². The van der Waals surface area contributed by atoms with Crippen molar-refractivity contribution in [1.82, 2.24) is 19.9 Å².